The van der Waals surface area contributed by atoms with E-state index in [1.165, 1.54) is 0 Å². The fourth-order valence-corrected chi connectivity index (χ4v) is 2.36. The molecule has 8 heteroatoms. The van der Waals surface area contributed by atoms with Crippen molar-refractivity contribution in [3.63, 3.8) is 0 Å². The van der Waals surface area contributed by atoms with Gasteiger partial charge in [-0.05, 0) is 19.4 Å². The van der Waals surface area contributed by atoms with Crippen molar-refractivity contribution in [1.82, 2.24) is 10.2 Å². The first kappa shape index (κ1) is 16.5. The van der Waals surface area contributed by atoms with Gasteiger partial charge in [-0.15, -0.1) is 0 Å². The van der Waals surface area contributed by atoms with Crippen molar-refractivity contribution in [2.24, 2.45) is 5.73 Å². The summed E-state index contributed by atoms with van der Waals surface area (Å²) in [4.78, 5) is 36.9. The summed E-state index contributed by atoms with van der Waals surface area (Å²) in [6.07, 6.45) is 0. The Morgan fingerprint density at radius 1 is 1.35 bits per heavy atom. The van der Waals surface area contributed by atoms with Gasteiger partial charge in [0.25, 0.3) is 5.91 Å². The molecule has 1 heterocycles. The molecule has 0 unspecified atom stereocenters. The molecule has 0 aromatic heterocycles. The Kier molecular flexibility index (Phi) is 4.35. The quantitative estimate of drug-likeness (QED) is 0.311. The summed E-state index contributed by atoms with van der Waals surface area (Å²) in [5.41, 5.74) is 5.16. The molecule has 122 valence electrons. The third-order valence-corrected chi connectivity index (χ3v) is 3.64. The molecule has 3 amide bonds. The fourth-order valence-electron chi connectivity index (χ4n) is 2.36. The Balaban J connectivity index is 2.25. The number of hydrogen-bond acceptors (Lipinski definition) is 5. The van der Waals surface area contributed by atoms with Crippen LogP contribution in [0, 0.1) is 5.41 Å². The highest BCUT2D eigenvalue weighted by Gasteiger charge is 2.49. The maximum Gasteiger partial charge on any atom is 0.326 e. The maximum absolute atomic E-state index is 12.6. The molecule has 2 rings (SSSR count). The second-order valence-corrected chi connectivity index (χ2v) is 5.24. The van der Waals surface area contributed by atoms with Crippen LogP contribution in [0.3, 0.4) is 0 Å². The number of ether oxygens (including phenoxy) is 1. The van der Waals surface area contributed by atoms with Crippen LogP contribution in [0.4, 0.5) is 4.79 Å². The third kappa shape index (κ3) is 3.01. The maximum atomic E-state index is 12.6. The van der Waals surface area contributed by atoms with E-state index in [0.29, 0.717) is 11.1 Å². The van der Waals surface area contributed by atoms with Gasteiger partial charge in [-0.3, -0.25) is 19.9 Å². The number of carbonyl (C=O) groups excluding carboxylic acids is 3. The minimum absolute atomic E-state index is 0.0903. The van der Waals surface area contributed by atoms with Crippen molar-refractivity contribution >= 4 is 23.7 Å². The zero-order chi connectivity index (χ0) is 17.2. The Morgan fingerprint density at radius 2 is 1.96 bits per heavy atom. The Hall–Kier alpha value is -2.90. The Labute approximate surface area is 133 Å². The highest BCUT2D eigenvalue weighted by Crippen LogP contribution is 2.28. The molecule has 0 saturated carbocycles. The lowest BCUT2D eigenvalue weighted by atomic mass is 9.91. The molecule has 4 N–H and O–H groups in total. The van der Waals surface area contributed by atoms with Crippen LogP contribution in [0.2, 0.25) is 0 Å². The molecule has 1 aliphatic rings. The number of amides is 3. The smallest absolute Gasteiger partial charge is 0.326 e. The number of urea groups is 1. The van der Waals surface area contributed by atoms with Crippen LogP contribution >= 0.6 is 0 Å². The highest BCUT2D eigenvalue weighted by molar-refractivity contribution is 6.09. The summed E-state index contributed by atoms with van der Waals surface area (Å²) in [7, 11) is 0. The Bertz CT molecular complexity index is 671. The van der Waals surface area contributed by atoms with Crippen LogP contribution < -0.4 is 11.1 Å². The highest BCUT2D eigenvalue weighted by atomic mass is 16.5. The predicted molar refractivity (Wildman–Crippen MR) is 81.7 cm³/mol. The van der Waals surface area contributed by atoms with E-state index in [1.807, 2.05) is 0 Å². The van der Waals surface area contributed by atoms with Crippen LogP contribution in [0.5, 0.6) is 0 Å². The van der Waals surface area contributed by atoms with E-state index in [4.69, 9.17) is 15.9 Å². The number of imide groups is 1. The van der Waals surface area contributed by atoms with E-state index in [-0.39, 0.29) is 12.4 Å². The van der Waals surface area contributed by atoms with Gasteiger partial charge in [0.05, 0.1) is 6.61 Å². The molecule has 23 heavy (non-hydrogen) atoms. The zero-order valence-electron chi connectivity index (χ0n) is 12.9. The summed E-state index contributed by atoms with van der Waals surface area (Å²) in [5.74, 6) is -1.27. The first-order chi connectivity index (χ1) is 10.8. The summed E-state index contributed by atoms with van der Waals surface area (Å²) in [5, 5.41) is 9.95. The molecule has 1 saturated heterocycles. The van der Waals surface area contributed by atoms with Gasteiger partial charge >= 0.3 is 12.0 Å². The third-order valence-electron chi connectivity index (χ3n) is 3.64. The van der Waals surface area contributed by atoms with E-state index in [0.717, 1.165) is 4.90 Å². The first-order valence-electron chi connectivity index (χ1n) is 7.04. The molecule has 1 aromatic rings. The molecule has 0 aliphatic carbocycles. The number of carbonyl (C=O) groups is 3. The lowest BCUT2D eigenvalue weighted by Crippen LogP contribution is -2.41. The average molecular weight is 318 g/mol. The van der Waals surface area contributed by atoms with Crippen LogP contribution in [-0.2, 0) is 19.9 Å². The summed E-state index contributed by atoms with van der Waals surface area (Å²) < 4.78 is 4.77. The standard InChI is InChI=1S/C15H18N4O4/c1-3-23-11(20)8-19-13(21)15(2,18-14(19)22)10-6-4-9(5-7-10)12(16)17/h4-7H,3,8H2,1-2H3,(H3,16,17)(H,18,22)/t15-/m0/s1. The molecule has 1 atom stereocenters. The molecular weight excluding hydrogens is 300 g/mol. The van der Waals surface area contributed by atoms with E-state index in [9.17, 15) is 14.4 Å². The van der Waals surface area contributed by atoms with Crippen molar-refractivity contribution in [2.75, 3.05) is 13.2 Å². The molecule has 0 bridgehead atoms. The number of nitrogens with two attached hydrogens (primary N) is 1. The van der Waals surface area contributed by atoms with Gasteiger partial charge in [0, 0.05) is 5.56 Å². The van der Waals surface area contributed by atoms with Crippen molar-refractivity contribution in [3.05, 3.63) is 35.4 Å². The van der Waals surface area contributed by atoms with Crippen LogP contribution in [0.15, 0.2) is 24.3 Å². The molecule has 0 spiro atoms. The number of nitrogens with one attached hydrogen (secondary N) is 2. The molecule has 1 fully saturated rings. The number of amidine groups is 1. The molecule has 1 aliphatic heterocycles. The van der Waals surface area contributed by atoms with Crippen LogP contribution in [0.1, 0.15) is 25.0 Å². The summed E-state index contributed by atoms with van der Waals surface area (Å²) in [6.45, 7) is 2.94. The van der Waals surface area contributed by atoms with Gasteiger partial charge in [-0.25, -0.2) is 4.79 Å². The van der Waals surface area contributed by atoms with E-state index in [1.54, 1.807) is 38.1 Å². The second-order valence-electron chi connectivity index (χ2n) is 5.24. The molecule has 8 nitrogen and oxygen atoms in total. The average Bonchev–Trinajstić information content (AvgIpc) is 2.72. The van der Waals surface area contributed by atoms with Crippen LogP contribution in [0.25, 0.3) is 0 Å². The number of hydrogen-bond donors (Lipinski definition) is 3. The number of rotatable bonds is 5. The number of nitrogens with zero attached hydrogens (tertiary/aromatic N) is 1. The van der Waals surface area contributed by atoms with Crippen LogP contribution in [-0.4, -0.2) is 41.8 Å². The minimum atomic E-state index is -1.28. The van der Waals surface area contributed by atoms with Gasteiger partial charge in [0.15, 0.2) is 0 Å². The minimum Gasteiger partial charge on any atom is -0.465 e. The lowest BCUT2D eigenvalue weighted by Gasteiger charge is -2.22. The number of esters is 1. The molecular formula is C15H18N4O4. The zero-order valence-corrected chi connectivity index (χ0v) is 12.9. The summed E-state index contributed by atoms with van der Waals surface area (Å²) >= 11 is 0. The normalized spacial score (nSPS) is 20.3. The topological polar surface area (TPSA) is 126 Å². The Morgan fingerprint density at radius 3 is 2.48 bits per heavy atom. The van der Waals surface area contributed by atoms with Crippen molar-refractivity contribution in [1.29, 1.82) is 5.41 Å². The first-order valence-corrected chi connectivity index (χ1v) is 7.04. The van der Waals surface area contributed by atoms with Crippen molar-refractivity contribution in [3.8, 4) is 0 Å². The number of nitrogen functional groups attached to an aromatic ring is 1. The van der Waals surface area contributed by atoms with Gasteiger partial charge in [-0.1, -0.05) is 24.3 Å². The largest absolute Gasteiger partial charge is 0.465 e. The van der Waals surface area contributed by atoms with Crippen molar-refractivity contribution in [2.45, 2.75) is 19.4 Å². The lowest BCUT2D eigenvalue weighted by molar-refractivity contribution is -0.147. The van der Waals surface area contributed by atoms with Crippen molar-refractivity contribution < 1.29 is 19.1 Å². The van der Waals surface area contributed by atoms with Gasteiger partial charge in [-0.2, -0.15) is 0 Å². The van der Waals surface area contributed by atoms with E-state index < -0.39 is 30.0 Å². The molecule has 0 radical (unpaired) electrons. The van der Waals surface area contributed by atoms with Gasteiger partial charge in [0.1, 0.15) is 17.9 Å². The van der Waals surface area contributed by atoms with Gasteiger partial charge < -0.3 is 15.8 Å². The number of benzene rings is 1. The van der Waals surface area contributed by atoms with E-state index >= 15 is 0 Å². The predicted octanol–water partition coefficient (Wildman–Crippen LogP) is 0.301. The fraction of sp³-hybridized carbons (Fsp3) is 0.333. The van der Waals surface area contributed by atoms with Gasteiger partial charge in [0.2, 0.25) is 0 Å². The second kappa shape index (κ2) is 6.07. The van der Waals surface area contributed by atoms with E-state index in [2.05, 4.69) is 5.32 Å². The summed E-state index contributed by atoms with van der Waals surface area (Å²) in [6, 6.07) is 5.76. The monoisotopic (exact) mass is 318 g/mol. The molecule has 1 aromatic carbocycles. The SMILES string of the molecule is CCOC(=O)CN1C(=O)N[C@@](C)(c2ccc(C(=N)N)cc2)C1=O.